The maximum Gasteiger partial charge on any atom is 0.286 e. The maximum atomic E-state index is 12.4. The van der Waals surface area contributed by atoms with E-state index in [1.54, 1.807) is 24.3 Å². The third kappa shape index (κ3) is 3.65. The summed E-state index contributed by atoms with van der Waals surface area (Å²) in [6.45, 7) is 0. The van der Waals surface area contributed by atoms with Crippen LogP contribution in [0.2, 0.25) is 0 Å². The zero-order valence-electron chi connectivity index (χ0n) is 12.7. The smallest absolute Gasteiger partial charge is 0.286 e. The van der Waals surface area contributed by atoms with Crippen molar-refractivity contribution in [3.05, 3.63) is 58.5 Å². The quantitative estimate of drug-likeness (QED) is 0.332. The topological polar surface area (TPSA) is 93.4 Å². The van der Waals surface area contributed by atoms with Crippen molar-refractivity contribution < 1.29 is 20.1 Å². The van der Waals surface area contributed by atoms with Gasteiger partial charge in [-0.25, -0.2) is 0 Å². The second-order valence-corrected chi connectivity index (χ2v) is 6.72. The lowest BCUT2D eigenvalue weighted by Gasteiger charge is -2.06. The largest absolute Gasteiger partial charge is 0.507 e. The van der Waals surface area contributed by atoms with Crippen LogP contribution in [-0.2, 0) is 4.79 Å². The van der Waals surface area contributed by atoms with Crippen molar-refractivity contribution in [2.45, 2.75) is 0 Å². The van der Waals surface area contributed by atoms with Crippen LogP contribution >= 0.6 is 24.0 Å². The molecule has 0 unspecified atom stereocenters. The summed E-state index contributed by atoms with van der Waals surface area (Å²) in [4.78, 5) is 12.8. The number of nitrogens with zero attached hydrogens (tertiary/aromatic N) is 2. The van der Waals surface area contributed by atoms with E-state index in [9.17, 15) is 20.1 Å². The number of hydrogen-bond acceptors (Lipinski definition) is 7. The number of carbonyl (C=O) groups excluding carboxylic acids is 1. The minimum atomic E-state index is -0.405. The molecule has 8 heteroatoms. The first-order valence-electron chi connectivity index (χ1n) is 7.07. The molecule has 0 bridgehead atoms. The highest BCUT2D eigenvalue weighted by molar-refractivity contribution is 8.26. The van der Waals surface area contributed by atoms with Crippen LogP contribution in [0.5, 0.6) is 17.2 Å². The highest BCUT2D eigenvalue weighted by Gasteiger charge is 2.32. The minimum Gasteiger partial charge on any atom is -0.507 e. The number of hydrogen-bond donors (Lipinski definition) is 3. The molecule has 1 aliphatic heterocycles. The Labute approximate surface area is 152 Å². The standard InChI is InChI=1S/C17H12N2O4S2/c20-12-4-2-1-3-11(12)8-15-16(23)19(17(24)25-15)18-9-10-5-6-13(21)14(22)7-10/h1-9,20-22H/b15-8+,18-9+. The zero-order valence-corrected chi connectivity index (χ0v) is 14.3. The van der Waals surface area contributed by atoms with Crippen LogP contribution in [0.1, 0.15) is 11.1 Å². The van der Waals surface area contributed by atoms with E-state index in [1.807, 2.05) is 0 Å². The number of thiocarbonyl (C=S) groups is 1. The summed E-state index contributed by atoms with van der Waals surface area (Å²) in [6.07, 6.45) is 2.91. The zero-order chi connectivity index (χ0) is 18.0. The van der Waals surface area contributed by atoms with Crippen molar-refractivity contribution in [2.24, 2.45) is 5.10 Å². The van der Waals surface area contributed by atoms with E-state index in [0.717, 1.165) is 16.8 Å². The van der Waals surface area contributed by atoms with Crippen LogP contribution in [0.3, 0.4) is 0 Å². The Bertz CT molecular complexity index is 925. The maximum absolute atomic E-state index is 12.4. The molecule has 0 spiro atoms. The number of hydrazone groups is 1. The molecule has 1 heterocycles. The second kappa shape index (κ2) is 6.96. The third-order valence-electron chi connectivity index (χ3n) is 3.32. The van der Waals surface area contributed by atoms with Crippen molar-refractivity contribution in [3.8, 4) is 17.2 Å². The lowest BCUT2D eigenvalue weighted by molar-refractivity contribution is -0.122. The monoisotopic (exact) mass is 372 g/mol. The number of phenolic OH excluding ortho intramolecular Hbond substituents is 3. The molecule has 1 fully saturated rings. The number of para-hydroxylation sites is 1. The molecule has 6 nitrogen and oxygen atoms in total. The molecule has 1 amide bonds. The summed E-state index contributed by atoms with van der Waals surface area (Å²) >= 11 is 6.25. The van der Waals surface area contributed by atoms with Crippen LogP contribution in [0.25, 0.3) is 6.08 Å². The Morgan fingerprint density at radius 3 is 2.52 bits per heavy atom. The predicted molar refractivity (Wildman–Crippen MR) is 100 cm³/mol. The average molecular weight is 372 g/mol. The van der Waals surface area contributed by atoms with Gasteiger partial charge in [-0.05, 0) is 48.1 Å². The first-order chi connectivity index (χ1) is 12.0. The Hall–Kier alpha value is -2.84. The van der Waals surface area contributed by atoms with Crippen molar-refractivity contribution in [2.75, 3.05) is 0 Å². The van der Waals surface area contributed by atoms with Crippen molar-refractivity contribution in [1.82, 2.24) is 5.01 Å². The highest BCUT2D eigenvalue weighted by Crippen LogP contribution is 2.34. The van der Waals surface area contributed by atoms with Gasteiger partial charge in [-0.2, -0.15) is 10.1 Å². The molecule has 126 valence electrons. The first-order valence-corrected chi connectivity index (χ1v) is 8.30. The number of phenols is 3. The van der Waals surface area contributed by atoms with Crippen molar-refractivity contribution in [3.63, 3.8) is 0 Å². The van der Waals surface area contributed by atoms with Gasteiger partial charge in [-0.15, -0.1) is 0 Å². The number of amides is 1. The van der Waals surface area contributed by atoms with E-state index in [1.165, 1.54) is 30.5 Å². The number of benzene rings is 2. The summed E-state index contributed by atoms with van der Waals surface area (Å²) in [5, 5.41) is 33.7. The molecule has 0 saturated carbocycles. The molecule has 2 aromatic carbocycles. The summed E-state index contributed by atoms with van der Waals surface area (Å²) in [5.74, 6) is -0.865. The van der Waals surface area contributed by atoms with Crippen LogP contribution in [0, 0.1) is 0 Å². The van der Waals surface area contributed by atoms with Gasteiger partial charge in [0.2, 0.25) is 0 Å². The van der Waals surface area contributed by atoms with E-state index in [2.05, 4.69) is 5.10 Å². The molecule has 0 aromatic heterocycles. The van der Waals surface area contributed by atoms with Gasteiger partial charge in [0.25, 0.3) is 5.91 Å². The summed E-state index contributed by atoms with van der Waals surface area (Å²) in [6, 6.07) is 10.8. The van der Waals surface area contributed by atoms with E-state index in [-0.39, 0.29) is 21.6 Å². The summed E-state index contributed by atoms with van der Waals surface area (Å²) in [5.41, 5.74) is 1.00. The lowest BCUT2D eigenvalue weighted by atomic mass is 10.2. The van der Waals surface area contributed by atoms with Crippen LogP contribution in [0.4, 0.5) is 0 Å². The fraction of sp³-hybridized carbons (Fsp3) is 0. The second-order valence-electron chi connectivity index (χ2n) is 5.05. The van der Waals surface area contributed by atoms with Gasteiger partial charge in [0.15, 0.2) is 15.8 Å². The Morgan fingerprint density at radius 2 is 1.80 bits per heavy atom. The summed E-state index contributed by atoms with van der Waals surface area (Å²) < 4.78 is 0.255. The molecule has 2 aromatic rings. The van der Waals surface area contributed by atoms with E-state index < -0.39 is 5.91 Å². The van der Waals surface area contributed by atoms with Gasteiger partial charge in [0.05, 0.1) is 11.1 Å². The Kier molecular flexibility index (Phi) is 4.73. The SMILES string of the molecule is O=C1/C(=C\c2ccccc2O)SC(=S)N1/N=C/c1ccc(O)c(O)c1. The number of carbonyl (C=O) groups is 1. The molecule has 0 radical (unpaired) electrons. The summed E-state index contributed by atoms with van der Waals surface area (Å²) in [7, 11) is 0. The molecule has 0 aliphatic carbocycles. The first kappa shape index (κ1) is 17.0. The Balaban J connectivity index is 1.83. The molecule has 3 rings (SSSR count). The molecule has 1 saturated heterocycles. The van der Waals surface area contributed by atoms with Gasteiger partial charge < -0.3 is 15.3 Å². The highest BCUT2D eigenvalue weighted by atomic mass is 32.2. The van der Waals surface area contributed by atoms with Gasteiger partial charge in [-0.1, -0.05) is 30.0 Å². The van der Waals surface area contributed by atoms with Gasteiger partial charge in [0.1, 0.15) is 5.75 Å². The van der Waals surface area contributed by atoms with Crippen molar-refractivity contribution >= 4 is 46.5 Å². The van der Waals surface area contributed by atoms with Gasteiger partial charge in [-0.3, -0.25) is 4.79 Å². The molecular weight excluding hydrogens is 360 g/mol. The fourth-order valence-corrected chi connectivity index (χ4v) is 3.22. The lowest BCUT2D eigenvalue weighted by Crippen LogP contribution is -2.22. The van der Waals surface area contributed by atoms with Crippen LogP contribution in [0.15, 0.2) is 52.5 Å². The van der Waals surface area contributed by atoms with E-state index >= 15 is 0 Å². The minimum absolute atomic E-state index is 0.0656. The van der Waals surface area contributed by atoms with E-state index in [0.29, 0.717) is 16.0 Å². The molecule has 0 atom stereocenters. The van der Waals surface area contributed by atoms with Gasteiger partial charge >= 0.3 is 0 Å². The molecular formula is C17H12N2O4S2. The number of aromatic hydroxyl groups is 3. The average Bonchev–Trinajstić information content (AvgIpc) is 2.85. The number of rotatable bonds is 3. The normalized spacial score (nSPS) is 16.3. The Morgan fingerprint density at radius 1 is 1.04 bits per heavy atom. The fourth-order valence-electron chi connectivity index (χ4n) is 2.06. The molecule has 25 heavy (non-hydrogen) atoms. The van der Waals surface area contributed by atoms with Crippen LogP contribution < -0.4 is 0 Å². The van der Waals surface area contributed by atoms with Gasteiger partial charge in [0, 0.05) is 5.56 Å². The van der Waals surface area contributed by atoms with E-state index in [4.69, 9.17) is 12.2 Å². The molecule has 1 aliphatic rings. The van der Waals surface area contributed by atoms with Crippen LogP contribution in [-0.4, -0.2) is 36.8 Å². The molecule has 3 N–H and O–H groups in total. The number of thioether (sulfide) groups is 1. The predicted octanol–water partition coefficient (Wildman–Crippen LogP) is 3.04. The van der Waals surface area contributed by atoms with Crippen molar-refractivity contribution in [1.29, 1.82) is 0 Å². The third-order valence-corrected chi connectivity index (χ3v) is 4.60.